The van der Waals surface area contributed by atoms with Crippen LogP contribution in [0.5, 0.6) is 5.75 Å². The Morgan fingerprint density at radius 1 is 1.18 bits per heavy atom. The number of thiazole rings is 1. The summed E-state index contributed by atoms with van der Waals surface area (Å²) in [5, 5.41) is 16.6. The van der Waals surface area contributed by atoms with Crippen LogP contribution in [-0.4, -0.2) is 43.2 Å². The van der Waals surface area contributed by atoms with Gasteiger partial charge < -0.3 is 14.1 Å². The summed E-state index contributed by atoms with van der Waals surface area (Å²) in [5.74, 6) is -0.0317. The highest BCUT2D eigenvalue weighted by atomic mass is 32.1. The predicted octanol–water partition coefficient (Wildman–Crippen LogP) is 4.55. The number of fused-ring (bicyclic) bond motifs is 1. The van der Waals surface area contributed by atoms with E-state index in [1.807, 2.05) is 37.2 Å². The molecule has 2 aromatic carbocycles. The summed E-state index contributed by atoms with van der Waals surface area (Å²) >= 11 is 1.26. The molecule has 0 atom stereocenters. The van der Waals surface area contributed by atoms with Crippen molar-refractivity contribution in [1.82, 2.24) is 4.98 Å². The lowest BCUT2D eigenvalue weighted by molar-refractivity contribution is -0.402. The molecule has 0 unspecified atom stereocenters. The molecular formula is C22H19N5O5S. The number of anilines is 2. The average Bonchev–Trinajstić information content (AvgIpc) is 3.46. The van der Waals surface area contributed by atoms with Crippen LogP contribution in [-0.2, 0) is 0 Å². The molecule has 4 rings (SSSR count). The molecule has 33 heavy (non-hydrogen) atoms. The molecular weight excluding hydrogens is 446 g/mol. The van der Waals surface area contributed by atoms with E-state index in [-0.39, 0.29) is 5.76 Å². The Kier molecular flexibility index (Phi) is 6.05. The fraction of sp³-hybridized carbons (Fsp3) is 0.136. The van der Waals surface area contributed by atoms with Crippen LogP contribution in [0.3, 0.4) is 0 Å². The highest BCUT2D eigenvalue weighted by molar-refractivity contribution is 7.22. The van der Waals surface area contributed by atoms with Gasteiger partial charge >= 0.3 is 5.88 Å². The zero-order valence-electron chi connectivity index (χ0n) is 18.0. The number of hydrazone groups is 1. The van der Waals surface area contributed by atoms with E-state index in [0.717, 1.165) is 15.4 Å². The van der Waals surface area contributed by atoms with Crippen LogP contribution in [0, 0.1) is 10.1 Å². The lowest BCUT2D eigenvalue weighted by Gasteiger charge is -2.15. The number of methoxy groups -OCH3 is 1. The van der Waals surface area contributed by atoms with Crippen molar-refractivity contribution < 1.29 is 18.9 Å². The molecule has 0 N–H and O–H groups in total. The number of benzene rings is 2. The Labute approximate surface area is 192 Å². The van der Waals surface area contributed by atoms with Crippen molar-refractivity contribution in [3.63, 3.8) is 0 Å². The Morgan fingerprint density at radius 3 is 2.58 bits per heavy atom. The standard InChI is InChI=1S/C22H19N5O5S/c1-25(2)15-6-4-14(5-7-15)21(28)26(23-13-17-9-11-20(32-17)27(29)30)22-24-18-10-8-16(31-3)12-19(18)33-22/h4-13H,1-3H3/b23-13+. The summed E-state index contributed by atoms with van der Waals surface area (Å²) in [6.07, 6.45) is 1.24. The molecule has 0 bridgehead atoms. The second kappa shape index (κ2) is 9.09. The van der Waals surface area contributed by atoms with Gasteiger partial charge in [-0.05, 0) is 48.5 Å². The molecule has 0 aliphatic rings. The van der Waals surface area contributed by atoms with Gasteiger partial charge in [0.25, 0.3) is 5.91 Å². The molecule has 10 nitrogen and oxygen atoms in total. The van der Waals surface area contributed by atoms with Gasteiger partial charge in [0.2, 0.25) is 5.13 Å². The van der Waals surface area contributed by atoms with Crippen LogP contribution in [0.15, 0.2) is 64.1 Å². The summed E-state index contributed by atoms with van der Waals surface area (Å²) in [7, 11) is 5.39. The van der Waals surface area contributed by atoms with E-state index in [2.05, 4.69) is 10.1 Å². The monoisotopic (exact) mass is 465 g/mol. The van der Waals surface area contributed by atoms with Crippen molar-refractivity contribution in [2.24, 2.45) is 5.10 Å². The molecule has 0 aliphatic heterocycles. The quantitative estimate of drug-likeness (QED) is 0.223. The molecule has 11 heteroatoms. The molecule has 0 aliphatic carbocycles. The van der Waals surface area contributed by atoms with Crippen molar-refractivity contribution in [3.8, 4) is 5.75 Å². The van der Waals surface area contributed by atoms with E-state index in [4.69, 9.17) is 9.15 Å². The second-order valence-electron chi connectivity index (χ2n) is 7.07. The second-order valence-corrected chi connectivity index (χ2v) is 8.08. The smallest absolute Gasteiger partial charge is 0.433 e. The number of rotatable bonds is 7. The Balaban J connectivity index is 1.73. The third-order valence-corrected chi connectivity index (χ3v) is 5.68. The van der Waals surface area contributed by atoms with E-state index in [0.29, 0.717) is 22.0 Å². The van der Waals surface area contributed by atoms with Gasteiger partial charge in [-0.1, -0.05) is 11.3 Å². The van der Waals surface area contributed by atoms with Crippen LogP contribution in [0.1, 0.15) is 16.1 Å². The van der Waals surface area contributed by atoms with Crippen LogP contribution in [0.4, 0.5) is 16.7 Å². The minimum atomic E-state index is -0.645. The first kappa shape index (κ1) is 22.0. The van der Waals surface area contributed by atoms with Gasteiger partial charge in [0, 0.05) is 25.3 Å². The Hall–Kier alpha value is -4.25. The van der Waals surface area contributed by atoms with E-state index < -0.39 is 16.7 Å². The molecule has 2 heterocycles. The van der Waals surface area contributed by atoms with Crippen LogP contribution in [0.25, 0.3) is 10.2 Å². The van der Waals surface area contributed by atoms with Crippen molar-refractivity contribution in [2.45, 2.75) is 0 Å². The highest BCUT2D eigenvalue weighted by Crippen LogP contribution is 2.32. The van der Waals surface area contributed by atoms with E-state index in [1.165, 1.54) is 29.7 Å². The van der Waals surface area contributed by atoms with Gasteiger partial charge in [0.1, 0.15) is 10.7 Å². The number of aromatic nitrogens is 1. The number of carbonyl (C=O) groups excluding carboxylic acids is 1. The molecule has 1 amide bonds. The molecule has 0 fully saturated rings. The lowest BCUT2D eigenvalue weighted by Crippen LogP contribution is -2.25. The zero-order chi connectivity index (χ0) is 23.5. The maximum absolute atomic E-state index is 13.4. The van der Waals surface area contributed by atoms with Crippen LogP contribution < -0.4 is 14.6 Å². The Bertz CT molecular complexity index is 1340. The number of furan rings is 1. The molecule has 0 saturated heterocycles. The van der Waals surface area contributed by atoms with Gasteiger partial charge in [0.15, 0.2) is 5.76 Å². The summed E-state index contributed by atoms with van der Waals surface area (Å²) in [4.78, 5) is 30.1. The predicted molar refractivity (Wildman–Crippen MR) is 127 cm³/mol. The van der Waals surface area contributed by atoms with Crippen molar-refractivity contribution in [1.29, 1.82) is 0 Å². The number of carbonyl (C=O) groups is 1. The Morgan fingerprint density at radius 2 is 1.94 bits per heavy atom. The topological polar surface area (TPSA) is 114 Å². The van der Waals surface area contributed by atoms with Gasteiger partial charge in [-0.15, -0.1) is 0 Å². The number of hydrogen-bond acceptors (Lipinski definition) is 9. The molecule has 168 valence electrons. The summed E-state index contributed by atoms with van der Waals surface area (Å²) in [5.41, 5.74) is 2.02. The summed E-state index contributed by atoms with van der Waals surface area (Å²) in [6.45, 7) is 0. The van der Waals surface area contributed by atoms with Crippen molar-refractivity contribution in [3.05, 3.63) is 76.0 Å². The first-order valence-corrected chi connectivity index (χ1v) is 10.5. The third-order valence-electron chi connectivity index (χ3n) is 4.68. The fourth-order valence-corrected chi connectivity index (χ4v) is 3.90. The number of ether oxygens (including phenoxy) is 1. The largest absolute Gasteiger partial charge is 0.497 e. The number of hydrogen-bond donors (Lipinski definition) is 0. The first-order valence-electron chi connectivity index (χ1n) is 9.70. The molecule has 0 saturated carbocycles. The van der Waals surface area contributed by atoms with Gasteiger partial charge in [-0.3, -0.25) is 14.9 Å². The number of nitro groups is 1. The normalized spacial score (nSPS) is 11.1. The minimum absolute atomic E-state index is 0.130. The molecule has 0 radical (unpaired) electrons. The SMILES string of the molecule is COc1ccc2nc(N(/N=C/c3ccc([N+](=O)[O-])o3)C(=O)c3ccc(N(C)C)cc3)sc2c1. The van der Waals surface area contributed by atoms with E-state index in [1.54, 1.807) is 31.4 Å². The van der Waals surface area contributed by atoms with Crippen molar-refractivity contribution in [2.75, 3.05) is 31.1 Å². The minimum Gasteiger partial charge on any atom is -0.497 e. The molecule has 0 spiro atoms. The average molecular weight is 465 g/mol. The van der Waals surface area contributed by atoms with E-state index >= 15 is 0 Å². The maximum Gasteiger partial charge on any atom is 0.433 e. The molecule has 4 aromatic rings. The van der Waals surface area contributed by atoms with E-state index in [9.17, 15) is 14.9 Å². The maximum atomic E-state index is 13.4. The number of amides is 1. The van der Waals surface area contributed by atoms with Gasteiger partial charge in [-0.25, -0.2) is 4.98 Å². The summed E-state index contributed by atoms with van der Waals surface area (Å²) < 4.78 is 11.2. The van der Waals surface area contributed by atoms with Crippen molar-refractivity contribution >= 4 is 50.4 Å². The van der Waals surface area contributed by atoms with Gasteiger partial charge in [-0.2, -0.15) is 10.1 Å². The van der Waals surface area contributed by atoms with Crippen LogP contribution >= 0.6 is 11.3 Å². The highest BCUT2D eigenvalue weighted by Gasteiger charge is 2.22. The third kappa shape index (κ3) is 4.67. The zero-order valence-corrected chi connectivity index (χ0v) is 18.8. The van der Waals surface area contributed by atoms with Gasteiger partial charge in [0.05, 0.1) is 29.6 Å². The summed E-state index contributed by atoms with van der Waals surface area (Å²) in [6, 6.07) is 15.1. The molecule has 2 aromatic heterocycles. The number of nitrogens with zero attached hydrogens (tertiary/aromatic N) is 5. The fourth-order valence-electron chi connectivity index (χ4n) is 2.95. The lowest BCUT2D eigenvalue weighted by atomic mass is 10.2. The van der Waals surface area contributed by atoms with Crippen LogP contribution in [0.2, 0.25) is 0 Å². The first-order chi connectivity index (χ1) is 15.9.